The quantitative estimate of drug-likeness (QED) is 0.0337. The molecule has 0 saturated heterocycles. The van der Waals surface area contributed by atoms with Crippen LogP contribution in [0.4, 0.5) is 0 Å². The molecule has 0 heterocycles. The Morgan fingerprint density at radius 1 is 0.295 bits per heavy atom. The molecule has 2 aromatic rings. The van der Waals surface area contributed by atoms with E-state index in [2.05, 4.69) is 74.6 Å². The van der Waals surface area contributed by atoms with Crippen LogP contribution in [0.1, 0.15) is 295 Å². The number of hydrogen-bond donors (Lipinski definition) is 0. The second-order valence-corrected chi connectivity index (χ2v) is 32.4. The highest BCUT2D eigenvalue weighted by molar-refractivity contribution is 5.17. The maximum Gasteiger partial charge on any atom is 0.327 e. The summed E-state index contributed by atoms with van der Waals surface area (Å²) >= 11 is 0. The van der Waals surface area contributed by atoms with Gasteiger partial charge in [0.15, 0.2) is 75.0 Å². The third kappa shape index (κ3) is 124. The van der Waals surface area contributed by atoms with Crippen LogP contribution in [0.25, 0.3) is 63.0 Å². The summed E-state index contributed by atoms with van der Waals surface area (Å²) in [4.78, 5) is 40.7. The SMILES string of the molecule is C.[C-]#[N+]C(C)OC(C)OC(C)C.[C-]#[N+]C(C)OCOC(C)C.[C-]#[N+]CCOC(C)(C)OC(C)(C)C.[C-]#[N+]CCOC(C)OCC.[C-]#[N+]CCOC(C)OCCC.[C-]#[N+]CCOC(OCCC)c1ccccc1.[C-]#[N+]CCOCOCCC.[C-]#[N+]COC(C)OCC.[C-]#[N+]COC(OCC)C(C)C.[C-]#[N+]COC(OCC)c1ccccc1.[C-]#[N+]COC1(OCC)CCCC1.[C-]#[N+]COC1(OCC)CCCCC1.[C-]#[N+]COCOCC. The lowest BCUT2D eigenvalue weighted by atomic mass is 9.94. The van der Waals surface area contributed by atoms with Gasteiger partial charge in [0.2, 0.25) is 32.7 Å². The van der Waals surface area contributed by atoms with E-state index in [1.807, 2.05) is 213 Å². The molecule has 0 aliphatic heterocycles. The maximum absolute atomic E-state index is 6.69. The van der Waals surface area contributed by atoms with Gasteiger partial charge in [-0.25, -0.2) is 85.4 Å². The van der Waals surface area contributed by atoms with E-state index in [1.165, 1.54) is 6.42 Å². The molecular formula is C110H189N13O26. The smallest absolute Gasteiger partial charge is 0.327 e. The molecule has 2 aromatic carbocycles. The van der Waals surface area contributed by atoms with Crippen LogP contribution >= 0.6 is 0 Å². The van der Waals surface area contributed by atoms with Crippen molar-refractivity contribution in [2.24, 2.45) is 5.92 Å². The van der Waals surface area contributed by atoms with Crippen molar-refractivity contribution in [1.29, 1.82) is 0 Å². The summed E-state index contributed by atoms with van der Waals surface area (Å²) in [6.07, 6.45) is 10.2. The third-order valence-electron chi connectivity index (χ3n) is 16.8. The van der Waals surface area contributed by atoms with Crippen molar-refractivity contribution < 1.29 is 123 Å². The molecule has 39 heteroatoms. The highest BCUT2D eigenvalue weighted by Gasteiger charge is 2.37. The summed E-state index contributed by atoms with van der Waals surface area (Å²) in [5.41, 5.74) is 1.72. The molecular weight excluding hydrogens is 1920 g/mol. The molecule has 9 unspecified atom stereocenters. The van der Waals surface area contributed by atoms with Gasteiger partial charge in [-0.05, 0) is 183 Å². The molecule has 0 aromatic heterocycles. The fraction of sp³-hybridized carbons (Fsp3) is 0.773. The Labute approximate surface area is 900 Å². The van der Waals surface area contributed by atoms with E-state index in [1.54, 1.807) is 27.7 Å². The first-order valence-corrected chi connectivity index (χ1v) is 50.5. The minimum Gasteiger partial charge on any atom is -0.355 e. The normalized spacial score (nSPS) is 13.6. The summed E-state index contributed by atoms with van der Waals surface area (Å²) in [7, 11) is 0. The molecule has 0 amide bonds. The molecule has 2 aliphatic rings. The molecule has 2 aliphatic carbocycles. The second kappa shape index (κ2) is 122. The molecule has 850 valence electrons. The summed E-state index contributed by atoms with van der Waals surface area (Å²) < 4.78 is 135. The van der Waals surface area contributed by atoms with E-state index in [-0.39, 0.29) is 117 Å². The van der Waals surface area contributed by atoms with Crippen LogP contribution in [-0.4, -0.2) is 272 Å². The van der Waals surface area contributed by atoms with Crippen molar-refractivity contribution in [3.8, 4) is 0 Å². The van der Waals surface area contributed by atoms with Crippen molar-refractivity contribution >= 4 is 0 Å². The van der Waals surface area contributed by atoms with Gasteiger partial charge in [-0.2, -0.15) is 0 Å². The number of hydrogen-bond acceptors (Lipinski definition) is 26. The molecule has 2 saturated carbocycles. The summed E-state index contributed by atoms with van der Waals surface area (Å²) in [5, 5.41) is 0. The maximum atomic E-state index is 6.69. The molecule has 39 nitrogen and oxygen atoms in total. The van der Waals surface area contributed by atoms with E-state index >= 15 is 0 Å². The Morgan fingerprint density at radius 3 is 1.07 bits per heavy atom. The van der Waals surface area contributed by atoms with Gasteiger partial charge in [0.1, 0.15) is 39.8 Å². The first-order chi connectivity index (χ1) is 70.9. The highest BCUT2D eigenvalue weighted by atomic mass is 16.7. The van der Waals surface area contributed by atoms with Crippen LogP contribution in [-0.2, 0) is 123 Å². The van der Waals surface area contributed by atoms with Crippen LogP contribution in [0.2, 0.25) is 0 Å². The molecule has 0 N–H and O–H groups in total. The predicted octanol–water partition coefficient (Wildman–Crippen LogP) is 25.6. The number of rotatable bonds is 62. The average molecular weight is 2110 g/mol. The van der Waals surface area contributed by atoms with Gasteiger partial charge in [-0.3, -0.25) is 76.7 Å². The fourth-order valence-electron chi connectivity index (χ4n) is 10.9. The van der Waals surface area contributed by atoms with Crippen LogP contribution in [0.5, 0.6) is 0 Å². The third-order valence-corrected chi connectivity index (χ3v) is 16.8. The minimum atomic E-state index is -0.608. The molecule has 9 atom stereocenters. The van der Waals surface area contributed by atoms with Crippen molar-refractivity contribution in [3.05, 3.63) is 220 Å². The van der Waals surface area contributed by atoms with Gasteiger partial charge in [-0.1, -0.05) is 109 Å². The first-order valence-electron chi connectivity index (χ1n) is 50.5. The standard InChI is InChI=1S/C13H17NO2.C11H13NO2.C10H17NO2.C10H19NO2.C9H15NO2.3C8H15NO2.3C7H13NO2.C6H11NO2.C5H9NO2.CH4/c1-3-10-15-13(16-11-9-14-2)12-7-5-4-6-8-12;1-3-13-11(14-9-12-2)10-7-5-4-6-8-10;1-3-12-10(13-9-11-2)7-5-4-6-8-10;1-9(2,3)13-10(4,5)12-8-7-11-6;1-3-11-9(12-8-10-2)6-4-5-7-9;1-6(2)10-8(4)11-7(3)9-5;1-5-10-8(7(2)3)11-6-9-4;1-4-6-10-8(2)11-7-5-9-3;1-6(2)9-5-10-7(3)8-4;1-4-9-7(2)10-6-5-8-3;1-3-5-9-7-10-6-4-8-2;1-4-8-6(2)9-5-7-3;1-3-7-5-8-4-6-2;/h4-8,13H,3,9-11H2,1H3;4-8,11H,3,9H2,1H3;3-9H2,1H3;7-8H2,1-5H3;3-8H2,1H3;6-8H,1-4H3;7-8H,5-6H2,1-3H3;8H,4-7H2,1-2H3;6-7H,5H2,1-3H3;7H,4-6H2,1-2H3;3-7H2,1H3;6H,4-5H2,1-2H3;3-5H2,1H3;1H4. The first kappa shape index (κ1) is 160. The molecule has 149 heavy (non-hydrogen) atoms. The Morgan fingerprint density at radius 2 is 0.671 bits per heavy atom. The van der Waals surface area contributed by atoms with Gasteiger partial charge >= 0.3 is 52.8 Å². The van der Waals surface area contributed by atoms with Gasteiger partial charge in [0.25, 0.3) is 0 Å². The van der Waals surface area contributed by atoms with E-state index in [0.29, 0.717) is 131 Å². The molecule has 4 rings (SSSR count). The zero-order chi connectivity index (χ0) is 114. The molecule has 0 spiro atoms. The predicted molar refractivity (Wildman–Crippen MR) is 577 cm³/mol. The summed E-state index contributed by atoms with van der Waals surface area (Å²) in [6, 6.07) is 19.4. The van der Waals surface area contributed by atoms with Crippen LogP contribution < -0.4 is 0 Å². The van der Waals surface area contributed by atoms with Crippen molar-refractivity contribution in [1.82, 2.24) is 0 Å². The minimum absolute atomic E-state index is 0. The van der Waals surface area contributed by atoms with Crippen molar-refractivity contribution in [2.45, 2.75) is 363 Å². The number of nitrogens with zero attached hydrogens (tertiary/aromatic N) is 13. The van der Waals surface area contributed by atoms with Gasteiger partial charge in [-0.15, -0.1) is 0 Å². The van der Waals surface area contributed by atoms with Gasteiger partial charge < -0.3 is 109 Å². The second-order valence-electron chi connectivity index (χ2n) is 32.4. The number of ether oxygens (including phenoxy) is 26. The fourth-order valence-corrected chi connectivity index (χ4v) is 10.9. The lowest BCUT2D eigenvalue weighted by Crippen LogP contribution is -2.38. The van der Waals surface area contributed by atoms with Crippen molar-refractivity contribution in [2.75, 3.05) is 193 Å². The van der Waals surface area contributed by atoms with Gasteiger partial charge in [0.05, 0.1) is 17.8 Å². The Kier molecular flexibility index (Phi) is 131. The van der Waals surface area contributed by atoms with Crippen molar-refractivity contribution in [3.63, 3.8) is 0 Å². The van der Waals surface area contributed by atoms with Crippen LogP contribution in [0.15, 0.2) is 60.7 Å². The largest absolute Gasteiger partial charge is 0.355 e. The van der Waals surface area contributed by atoms with Crippen LogP contribution in [0.3, 0.4) is 0 Å². The molecule has 2 fully saturated rings. The zero-order valence-electron chi connectivity index (χ0n) is 94.6. The zero-order valence-corrected chi connectivity index (χ0v) is 94.6. The van der Waals surface area contributed by atoms with E-state index in [4.69, 9.17) is 204 Å². The Bertz CT molecular complexity index is 3780. The summed E-state index contributed by atoms with van der Waals surface area (Å²) in [5.74, 6) is -1.16. The summed E-state index contributed by atoms with van der Waals surface area (Å²) in [6.45, 7) is 149. The Balaban J connectivity index is -0.000000176. The molecule has 0 radical (unpaired) electrons. The lowest BCUT2D eigenvalue weighted by Gasteiger charge is -2.34. The topological polar surface area (TPSA) is 297 Å². The van der Waals surface area contributed by atoms with E-state index in [9.17, 15) is 0 Å². The lowest BCUT2D eigenvalue weighted by molar-refractivity contribution is -0.255. The van der Waals surface area contributed by atoms with Crippen LogP contribution in [0, 0.1) is 91.4 Å². The average Bonchev–Trinajstić information content (AvgIpc) is 1.69. The number of benzene rings is 2. The highest BCUT2D eigenvalue weighted by Crippen LogP contribution is 2.35. The van der Waals surface area contributed by atoms with Gasteiger partial charge in [0, 0.05) is 123 Å². The monoisotopic (exact) mass is 2110 g/mol. The van der Waals surface area contributed by atoms with E-state index < -0.39 is 36.1 Å². The van der Waals surface area contributed by atoms with E-state index in [0.717, 1.165) is 95.0 Å². The Hall–Kier alpha value is -9.23. The molecule has 0 bridgehead atoms.